The highest BCUT2D eigenvalue weighted by Crippen LogP contribution is 2.34. The molecule has 0 spiro atoms. The third-order valence-corrected chi connectivity index (χ3v) is 4.05. The molecule has 0 unspecified atom stereocenters. The van der Waals surface area contributed by atoms with Crippen molar-refractivity contribution in [1.82, 2.24) is 19.7 Å². The summed E-state index contributed by atoms with van der Waals surface area (Å²) in [6.07, 6.45) is 3.26. The molecule has 2 heterocycles. The quantitative estimate of drug-likeness (QED) is 0.460. The molecule has 0 saturated carbocycles. The van der Waals surface area contributed by atoms with Crippen molar-refractivity contribution in [2.75, 3.05) is 13.2 Å². The van der Waals surface area contributed by atoms with Gasteiger partial charge in [-0.2, -0.15) is 5.10 Å². The van der Waals surface area contributed by atoms with E-state index in [-0.39, 0.29) is 6.61 Å². The highest BCUT2D eigenvalue weighted by Gasteiger charge is 2.30. The molecule has 0 radical (unpaired) electrons. The van der Waals surface area contributed by atoms with E-state index >= 15 is 0 Å². The largest absolute Gasteiger partial charge is 0.461 e. The van der Waals surface area contributed by atoms with Gasteiger partial charge < -0.3 is 9.84 Å². The minimum atomic E-state index is -0.428. The lowest BCUT2D eigenvalue weighted by atomic mass is 9.93. The van der Waals surface area contributed by atoms with Crippen LogP contribution in [0.3, 0.4) is 0 Å². The zero-order valence-corrected chi connectivity index (χ0v) is 14.2. The van der Waals surface area contributed by atoms with E-state index in [1.165, 1.54) is 0 Å². The summed E-state index contributed by atoms with van der Waals surface area (Å²) in [4.78, 5) is 20.8. The number of aliphatic hydroxyl groups is 1. The smallest absolute Gasteiger partial charge is 0.359 e. The second-order valence-corrected chi connectivity index (χ2v) is 5.82. The Balaban J connectivity index is 2.18. The van der Waals surface area contributed by atoms with Crippen molar-refractivity contribution in [3.63, 3.8) is 0 Å². The molecule has 0 aromatic carbocycles. The van der Waals surface area contributed by atoms with Crippen molar-refractivity contribution in [1.29, 1.82) is 0 Å². The number of fused-ring (bicyclic) bond motifs is 3. The van der Waals surface area contributed by atoms with Gasteiger partial charge in [-0.25, -0.2) is 14.8 Å². The Morgan fingerprint density at radius 1 is 1.50 bits per heavy atom. The summed E-state index contributed by atoms with van der Waals surface area (Å²) in [5.41, 5.74) is 3.77. The Kier molecular flexibility index (Phi) is 4.39. The van der Waals surface area contributed by atoms with Gasteiger partial charge in [0.25, 0.3) is 0 Å². The van der Waals surface area contributed by atoms with Crippen LogP contribution in [0.25, 0.3) is 11.4 Å². The lowest BCUT2D eigenvalue weighted by Gasteiger charge is -2.17. The molecule has 2 aromatic heterocycles. The standard InChI is InChI=1S/C14H15IN4O3/c1-2-22-13(21)11-9-4-3-8-7-16-14(15)17-10(8)12(9)19(18-11)5-6-20/h7,20H,2-6H2,1H3. The highest BCUT2D eigenvalue weighted by atomic mass is 127. The van der Waals surface area contributed by atoms with Crippen LogP contribution in [0.15, 0.2) is 6.20 Å². The summed E-state index contributed by atoms with van der Waals surface area (Å²) in [5.74, 6) is -0.428. The maximum absolute atomic E-state index is 12.1. The van der Waals surface area contributed by atoms with Gasteiger partial charge >= 0.3 is 5.97 Å². The van der Waals surface area contributed by atoms with Gasteiger partial charge in [0, 0.05) is 34.4 Å². The van der Waals surface area contributed by atoms with Crippen molar-refractivity contribution in [3.8, 4) is 11.4 Å². The first-order valence-corrected chi connectivity index (χ1v) is 8.13. The van der Waals surface area contributed by atoms with E-state index in [4.69, 9.17) is 4.74 Å². The van der Waals surface area contributed by atoms with Gasteiger partial charge in [-0.1, -0.05) is 0 Å². The van der Waals surface area contributed by atoms with Crippen molar-refractivity contribution < 1.29 is 14.6 Å². The third kappa shape index (κ3) is 2.60. The van der Waals surface area contributed by atoms with Crippen LogP contribution in [0, 0.1) is 3.83 Å². The Labute approximate surface area is 140 Å². The van der Waals surface area contributed by atoms with Gasteiger partial charge in [0.05, 0.1) is 31.1 Å². The van der Waals surface area contributed by atoms with Crippen molar-refractivity contribution in [3.05, 3.63) is 26.8 Å². The number of carbonyl (C=O) groups excluding carboxylic acids is 1. The van der Waals surface area contributed by atoms with E-state index < -0.39 is 5.97 Å². The monoisotopic (exact) mass is 414 g/mol. The van der Waals surface area contributed by atoms with Gasteiger partial charge in [-0.05, 0) is 25.3 Å². The number of carbonyl (C=O) groups is 1. The van der Waals surface area contributed by atoms with Crippen LogP contribution in [-0.2, 0) is 24.1 Å². The molecule has 0 amide bonds. The lowest BCUT2D eigenvalue weighted by Crippen LogP contribution is -2.13. The fourth-order valence-corrected chi connectivity index (χ4v) is 3.03. The molecule has 1 aliphatic carbocycles. The second kappa shape index (κ2) is 6.29. The molecule has 1 aliphatic rings. The molecule has 2 aromatic rings. The maximum atomic E-state index is 12.1. The predicted molar refractivity (Wildman–Crippen MR) is 86.4 cm³/mol. The number of esters is 1. The molecule has 7 nitrogen and oxygen atoms in total. The molecule has 3 rings (SSSR count). The zero-order chi connectivity index (χ0) is 15.7. The number of hydrogen-bond donors (Lipinski definition) is 1. The number of hydrogen-bond acceptors (Lipinski definition) is 6. The van der Waals surface area contributed by atoms with Crippen LogP contribution in [-0.4, -0.2) is 44.0 Å². The zero-order valence-electron chi connectivity index (χ0n) is 12.0. The Morgan fingerprint density at radius 2 is 2.32 bits per heavy atom. The normalized spacial score (nSPS) is 12.7. The first-order chi connectivity index (χ1) is 10.7. The average Bonchev–Trinajstić information content (AvgIpc) is 2.87. The van der Waals surface area contributed by atoms with E-state index in [1.54, 1.807) is 11.6 Å². The molecule has 0 atom stereocenters. The van der Waals surface area contributed by atoms with Crippen molar-refractivity contribution >= 4 is 28.6 Å². The molecule has 116 valence electrons. The average molecular weight is 414 g/mol. The van der Waals surface area contributed by atoms with Crippen LogP contribution in [0.1, 0.15) is 28.5 Å². The van der Waals surface area contributed by atoms with Crippen LogP contribution in [0.5, 0.6) is 0 Å². The number of aryl methyl sites for hydroxylation is 1. The summed E-state index contributed by atoms with van der Waals surface area (Å²) in [6.45, 7) is 2.31. The number of aromatic nitrogens is 4. The SMILES string of the molecule is CCOC(=O)c1nn(CCO)c2c1CCc1cnc(I)nc1-2. The number of ether oxygens (including phenoxy) is 1. The van der Waals surface area contributed by atoms with E-state index in [0.29, 0.717) is 29.1 Å². The van der Waals surface area contributed by atoms with Gasteiger partial charge in [-0.3, -0.25) is 4.68 Å². The van der Waals surface area contributed by atoms with Crippen LogP contribution >= 0.6 is 22.6 Å². The third-order valence-electron chi connectivity index (χ3n) is 3.53. The summed E-state index contributed by atoms with van der Waals surface area (Å²) >= 11 is 2.06. The first kappa shape index (κ1) is 15.3. The Morgan fingerprint density at radius 3 is 3.05 bits per heavy atom. The van der Waals surface area contributed by atoms with E-state index in [2.05, 4.69) is 37.7 Å². The molecule has 0 aliphatic heterocycles. The number of nitrogens with zero attached hydrogens (tertiary/aromatic N) is 4. The number of rotatable bonds is 4. The Bertz CT molecular complexity index is 729. The van der Waals surface area contributed by atoms with Crippen LogP contribution in [0.2, 0.25) is 0 Å². The Hall–Kier alpha value is -1.55. The van der Waals surface area contributed by atoms with Gasteiger partial charge in [-0.15, -0.1) is 0 Å². The summed E-state index contributed by atoms with van der Waals surface area (Å²) in [5, 5.41) is 13.6. The predicted octanol–water partition coefficient (Wildman–Crippen LogP) is 1.21. The van der Waals surface area contributed by atoms with Gasteiger partial charge in [0.1, 0.15) is 0 Å². The highest BCUT2D eigenvalue weighted by molar-refractivity contribution is 14.1. The first-order valence-electron chi connectivity index (χ1n) is 7.05. The van der Waals surface area contributed by atoms with E-state index in [1.807, 2.05) is 6.20 Å². The second-order valence-electron chi connectivity index (χ2n) is 4.86. The van der Waals surface area contributed by atoms with Crippen LogP contribution in [0.4, 0.5) is 0 Å². The van der Waals surface area contributed by atoms with Gasteiger partial charge in [0.2, 0.25) is 0 Å². The minimum absolute atomic E-state index is 0.0616. The minimum Gasteiger partial charge on any atom is -0.461 e. The van der Waals surface area contributed by atoms with Crippen LogP contribution < -0.4 is 0 Å². The summed E-state index contributed by atoms with van der Waals surface area (Å²) < 4.78 is 7.36. The maximum Gasteiger partial charge on any atom is 0.359 e. The summed E-state index contributed by atoms with van der Waals surface area (Å²) in [6, 6.07) is 0. The fraction of sp³-hybridized carbons (Fsp3) is 0.429. The molecule has 22 heavy (non-hydrogen) atoms. The molecule has 8 heteroatoms. The molecule has 0 fully saturated rings. The van der Waals surface area contributed by atoms with Crippen molar-refractivity contribution in [2.45, 2.75) is 26.3 Å². The van der Waals surface area contributed by atoms with E-state index in [0.717, 1.165) is 28.9 Å². The molecule has 0 bridgehead atoms. The molecular formula is C14H15IN4O3. The van der Waals surface area contributed by atoms with Crippen molar-refractivity contribution in [2.24, 2.45) is 0 Å². The molecule has 0 saturated heterocycles. The number of halogens is 1. The molecule has 1 N–H and O–H groups in total. The van der Waals surface area contributed by atoms with Gasteiger partial charge in [0.15, 0.2) is 9.53 Å². The topological polar surface area (TPSA) is 90.1 Å². The molecular weight excluding hydrogens is 399 g/mol. The lowest BCUT2D eigenvalue weighted by molar-refractivity contribution is 0.0517. The number of aliphatic hydroxyl groups excluding tert-OH is 1. The fourth-order valence-electron chi connectivity index (χ4n) is 2.65. The summed E-state index contributed by atoms with van der Waals surface area (Å²) in [7, 11) is 0. The van der Waals surface area contributed by atoms with E-state index in [9.17, 15) is 9.90 Å².